The quantitative estimate of drug-likeness (QED) is 0.463. The van der Waals surface area contributed by atoms with E-state index >= 15 is 0 Å². The van der Waals surface area contributed by atoms with E-state index in [-0.39, 0.29) is 0 Å². The van der Waals surface area contributed by atoms with Gasteiger partial charge in [0.2, 0.25) is 0 Å². The maximum Gasteiger partial charge on any atom is 0.108 e. The van der Waals surface area contributed by atoms with Crippen LogP contribution in [0.15, 0.2) is 17.6 Å². The lowest BCUT2D eigenvalue weighted by atomic mass is 10.00. The van der Waals surface area contributed by atoms with Gasteiger partial charge in [0.15, 0.2) is 0 Å². The number of hydrogen-bond donors (Lipinski definition) is 0. The summed E-state index contributed by atoms with van der Waals surface area (Å²) in [6.07, 6.45) is 1.99. The standard InChI is InChI=1S/C7H10N2/c1-2-6-5-9-4-3-8-7(6)9/h2,6H,1,3-5H2/t6-/m1/s1. The third kappa shape index (κ3) is 0.530. The lowest BCUT2D eigenvalue weighted by molar-refractivity contribution is 0.350. The molecule has 0 N–H and O–H groups in total. The van der Waals surface area contributed by atoms with Crippen LogP contribution in [0.2, 0.25) is 0 Å². The molecule has 0 saturated carbocycles. The van der Waals surface area contributed by atoms with Crippen molar-refractivity contribution in [2.45, 2.75) is 0 Å². The molecule has 1 fully saturated rings. The summed E-state index contributed by atoms with van der Waals surface area (Å²) in [6, 6.07) is 0. The van der Waals surface area contributed by atoms with E-state index in [2.05, 4.69) is 16.5 Å². The molecular formula is C7H10N2. The molecule has 1 saturated heterocycles. The van der Waals surface area contributed by atoms with Crippen molar-refractivity contribution in [3.8, 4) is 0 Å². The molecular weight excluding hydrogens is 112 g/mol. The highest BCUT2D eigenvalue weighted by molar-refractivity contribution is 5.92. The summed E-state index contributed by atoms with van der Waals surface area (Å²) in [7, 11) is 0. The van der Waals surface area contributed by atoms with Crippen LogP contribution in [-0.2, 0) is 0 Å². The molecule has 2 heterocycles. The largest absolute Gasteiger partial charge is 0.357 e. The van der Waals surface area contributed by atoms with Gasteiger partial charge in [-0.05, 0) is 0 Å². The molecule has 2 nitrogen and oxygen atoms in total. The zero-order valence-corrected chi connectivity index (χ0v) is 5.38. The van der Waals surface area contributed by atoms with Crippen LogP contribution in [0.1, 0.15) is 0 Å². The van der Waals surface area contributed by atoms with Gasteiger partial charge in [0.05, 0.1) is 12.5 Å². The van der Waals surface area contributed by atoms with Crippen molar-refractivity contribution in [1.82, 2.24) is 4.90 Å². The molecule has 48 valence electrons. The van der Waals surface area contributed by atoms with E-state index in [1.807, 2.05) is 6.08 Å². The Hall–Kier alpha value is -0.790. The Morgan fingerprint density at radius 2 is 2.67 bits per heavy atom. The van der Waals surface area contributed by atoms with E-state index in [0.29, 0.717) is 5.92 Å². The molecule has 0 spiro atoms. The molecule has 0 aromatic heterocycles. The number of hydrogen-bond acceptors (Lipinski definition) is 2. The Labute approximate surface area is 54.9 Å². The minimum Gasteiger partial charge on any atom is -0.357 e. The second kappa shape index (κ2) is 1.59. The fourth-order valence-electron chi connectivity index (χ4n) is 1.42. The summed E-state index contributed by atoms with van der Waals surface area (Å²) in [4.78, 5) is 6.64. The highest BCUT2D eigenvalue weighted by atomic mass is 15.3. The van der Waals surface area contributed by atoms with Crippen LogP contribution in [-0.4, -0.2) is 30.4 Å². The van der Waals surface area contributed by atoms with E-state index in [1.54, 1.807) is 0 Å². The van der Waals surface area contributed by atoms with Crippen LogP contribution in [0.3, 0.4) is 0 Å². The highest BCUT2D eigenvalue weighted by Gasteiger charge is 2.33. The first-order valence-corrected chi connectivity index (χ1v) is 3.33. The third-order valence-electron chi connectivity index (χ3n) is 2.00. The van der Waals surface area contributed by atoms with Gasteiger partial charge < -0.3 is 4.90 Å². The van der Waals surface area contributed by atoms with E-state index < -0.39 is 0 Å². The maximum absolute atomic E-state index is 4.33. The Morgan fingerprint density at radius 1 is 1.78 bits per heavy atom. The minimum atomic E-state index is 0.576. The first kappa shape index (κ1) is 5.03. The summed E-state index contributed by atoms with van der Waals surface area (Å²) < 4.78 is 0. The maximum atomic E-state index is 4.33. The number of nitrogens with zero attached hydrogens (tertiary/aromatic N) is 2. The third-order valence-corrected chi connectivity index (χ3v) is 2.00. The summed E-state index contributed by atoms with van der Waals surface area (Å²) in [5, 5.41) is 0. The van der Waals surface area contributed by atoms with Crippen molar-refractivity contribution < 1.29 is 0 Å². The molecule has 0 bridgehead atoms. The first-order valence-electron chi connectivity index (χ1n) is 3.33. The molecule has 1 atom stereocenters. The van der Waals surface area contributed by atoms with Crippen molar-refractivity contribution in [2.75, 3.05) is 19.6 Å². The Kier molecular flexibility index (Phi) is 0.891. The molecule has 0 unspecified atom stereocenters. The van der Waals surface area contributed by atoms with Crippen LogP contribution in [0.5, 0.6) is 0 Å². The van der Waals surface area contributed by atoms with Gasteiger partial charge in [0.25, 0.3) is 0 Å². The average molecular weight is 122 g/mol. The van der Waals surface area contributed by atoms with E-state index in [4.69, 9.17) is 0 Å². The van der Waals surface area contributed by atoms with Crippen LogP contribution in [0.25, 0.3) is 0 Å². The molecule has 2 aliphatic heterocycles. The monoisotopic (exact) mass is 122 g/mol. The van der Waals surface area contributed by atoms with Gasteiger partial charge >= 0.3 is 0 Å². The molecule has 9 heavy (non-hydrogen) atoms. The van der Waals surface area contributed by atoms with Gasteiger partial charge in [-0.2, -0.15) is 0 Å². The molecule has 2 rings (SSSR count). The lowest BCUT2D eigenvalue weighted by Gasteiger charge is -2.36. The van der Waals surface area contributed by atoms with Crippen molar-refractivity contribution in [1.29, 1.82) is 0 Å². The van der Waals surface area contributed by atoms with Crippen LogP contribution >= 0.6 is 0 Å². The summed E-state index contributed by atoms with van der Waals surface area (Å²) in [6.45, 7) is 7.03. The fraction of sp³-hybridized carbons (Fsp3) is 0.571. The fourth-order valence-corrected chi connectivity index (χ4v) is 1.42. The van der Waals surface area contributed by atoms with Crippen LogP contribution in [0.4, 0.5) is 0 Å². The molecule has 0 aromatic carbocycles. The first-order chi connectivity index (χ1) is 4.42. The van der Waals surface area contributed by atoms with Crippen molar-refractivity contribution in [2.24, 2.45) is 10.9 Å². The Morgan fingerprint density at radius 3 is 3.33 bits per heavy atom. The normalized spacial score (nSPS) is 30.9. The molecule has 0 aliphatic carbocycles. The van der Waals surface area contributed by atoms with Gasteiger partial charge in [-0.1, -0.05) is 6.08 Å². The van der Waals surface area contributed by atoms with E-state index in [1.165, 1.54) is 5.84 Å². The number of rotatable bonds is 1. The predicted octanol–water partition coefficient (Wildman–Crippen LogP) is 0.516. The zero-order chi connectivity index (χ0) is 6.27. The van der Waals surface area contributed by atoms with E-state index in [9.17, 15) is 0 Å². The zero-order valence-electron chi connectivity index (χ0n) is 5.38. The number of amidine groups is 1. The molecule has 0 aromatic rings. The number of fused-ring (bicyclic) bond motifs is 1. The average Bonchev–Trinajstić information content (AvgIpc) is 2.14. The topological polar surface area (TPSA) is 15.6 Å². The van der Waals surface area contributed by atoms with Gasteiger partial charge in [-0.25, -0.2) is 0 Å². The minimum absolute atomic E-state index is 0.576. The van der Waals surface area contributed by atoms with Gasteiger partial charge in [0.1, 0.15) is 5.84 Å². The second-order valence-corrected chi connectivity index (χ2v) is 2.53. The van der Waals surface area contributed by atoms with Crippen LogP contribution in [0, 0.1) is 5.92 Å². The van der Waals surface area contributed by atoms with Crippen molar-refractivity contribution in [3.05, 3.63) is 12.7 Å². The lowest BCUT2D eigenvalue weighted by Crippen LogP contribution is -2.48. The number of aliphatic imine (C=N–C) groups is 1. The molecule has 0 radical (unpaired) electrons. The Bertz CT molecular complexity index is 172. The summed E-state index contributed by atoms with van der Waals surface area (Å²) >= 11 is 0. The van der Waals surface area contributed by atoms with Gasteiger partial charge in [0, 0.05) is 13.1 Å². The van der Waals surface area contributed by atoms with Gasteiger partial charge in [-0.15, -0.1) is 6.58 Å². The smallest absolute Gasteiger partial charge is 0.108 e. The second-order valence-electron chi connectivity index (χ2n) is 2.53. The highest BCUT2D eigenvalue weighted by Crippen LogP contribution is 2.22. The Balaban J connectivity index is 2.14. The van der Waals surface area contributed by atoms with Crippen molar-refractivity contribution in [3.63, 3.8) is 0 Å². The molecule has 2 heteroatoms. The van der Waals surface area contributed by atoms with Crippen LogP contribution < -0.4 is 0 Å². The van der Waals surface area contributed by atoms with Crippen molar-refractivity contribution >= 4 is 5.84 Å². The SMILES string of the molecule is C=C[C@@H]1CN2CCN=C12. The summed E-state index contributed by atoms with van der Waals surface area (Å²) in [5.41, 5.74) is 0. The summed E-state index contributed by atoms with van der Waals surface area (Å²) in [5.74, 6) is 1.84. The van der Waals surface area contributed by atoms with E-state index in [0.717, 1.165) is 19.6 Å². The predicted molar refractivity (Wildman–Crippen MR) is 37.6 cm³/mol. The molecule has 2 aliphatic rings. The molecule has 0 amide bonds. The van der Waals surface area contributed by atoms with Gasteiger partial charge in [-0.3, -0.25) is 4.99 Å².